The number of Topliss-reactive ketones (excluding diaryl/α,β-unsaturated/α-hetero) is 2. The number of allylic oxidation sites excluding steroid dienone is 2. The highest BCUT2D eigenvalue weighted by molar-refractivity contribution is 5.96. The van der Waals surface area contributed by atoms with Crippen LogP contribution in [-0.4, -0.2) is 23.0 Å². The molecule has 4 saturated carbocycles. The lowest BCUT2D eigenvalue weighted by molar-refractivity contribution is -0.184. The standard InChI is InChI=1S/C28H40O4/c1-16-5-9-28(11-12-29)10-7-19-24(20(28)13-16)21(30)14-23-26(19,3)8-6-18-17(2)25(32)22(31)15-27(18,23)4/h12,15-20,23-24,31H,5-11,13-14H2,1-4H3. The van der Waals surface area contributed by atoms with E-state index in [-0.39, 0.29) is 51.5 Å². The highest BCUT2D eigenvalue weighted by Gasteiger charge is 2.66. The zero-order chi connectivity index (χ0) is 23.1. The second-order valence-electron chi connectivity index (χ2n) is 12.8. The van der Waals surface area contributed by atoms with Crippen molar-refractivity contribution in [1.29, 1.82) is 0 Å². The summed E-state index contributed by atoms with van der Waals surface area (Å²) in [5.41, 5.74) is -0.254. The first-order valence-corrected chi connectivity index (χ1v) is 13.0. The summed E-state index contributed by atoms with van der Waals surface area (Å²) in [4.78, 5) is 38.1. The van der Waals surface area contributed by atoms with E-state index in [2.05, 4.69) is 20.8 Å². The summed E-state index contributed by atoms with van der Waals surface area (Å²) in [6.45, 7) is 8.89. The maximum absolute atomic E-state index is 13.9. The topological polar surface area (TPSA) is 71.4 Å². The van der Waals surface area contributed by atoms with Gasteiger partial charge in [-0.1, -0.05) is 34.1 Å². The van der Waals surface area contributed by atoms with E-state index in [9.17, 15) is 19.5 Å². The molecule has 4 nitrogen and oxygen atoms in total. The molecule has 0 aliphatic heterocycles. The third-order valence-corrected chi connectivity index (χ3v) is 11.6. The first-order chi connectivity index (χ1) is 15.1. The Balaban J connectivity index is 1.55. The number of aldehydes is 1. The van der Waals surface area contributed by atoms with Crippen LogP contribution < -0.4 is 0 Å². The van der Waals surface area contributed by atoms with Gasteiger partial charge in [-0.05, 0) is 90.4 Å². The van der Waals surface area contributed by atoms with Crippen LogP contribution in [0.4, 0.5) is 0 Å². The van der Waals surface area contributed by atoms with Gasteiger partial charge in [0.25, 0.3) is 0 Å². The number of ketones is 2. The molecule has 0 aromatic heterocycles. The fourth-order valence-corrected chi connectivity index (χ4v) is 9.90. The summed E-state index contributed by atoms with van der Waals surface area (Å²) < 4.78 is 0. The van der Waals surface area contributed by atoms with Gasteiger partial charge in [0.2, 0.25) is 0 Å². The molecular weight excluding hydrogens is 400 g/mol. The lowest BCUT2D eigenvalue weighted by Gasteiger charge is -2.66. The Kier molecular flexibility index (Phi) is 5.08. The first kappa shape index (κ1) is 22.3. The van der Waals surface area contributed by atoms with E-state index in [1.54, 1.807) is 0 Å². The molecule has 1 N–H and O–H groups in total. The van der Waals surface area contributed by atoms with Gasteiger partial charge in [-0.15, -0.1) is 0 Å². The zero-order valence-electron chi connectivity index (χ0n) is 20.2. The van der Waals surface area contributed by atoms with Crippen molar-refractivity contribution in [3.05, 3.63) is 11.8 Å². The van der Waals surface area contributed by atoms with Crippen LogP contribution in [0.3, 0.4) is 0 Å². The van der Waals surface area contributed by atoms with Crippen LogP contribution in [0.15, 0.2) is 11.8 Å². The molecule has 0 amide bonds. The highest BCUT2D eigenvalue weighted by Crippen LogP contribution is 2.70. The molecule has 4 heteroatoms. The molecule has 5 aliphatic rings. The summed E-state index contributed by atoms with van der Waals surface area (Å²) in [6, 6.07) is 0. The van der Waals surface area contributed by atoms with E-state index >= 15 is 0 Å². The van der Waals surface area contributed by atoms with Crippen LogP contribution in [0.1, 0.15) is 85.5 Å². The largest absolute Gasteiger partial charge is 0.505 e. The Morgan fingerprint density at radius 1 is 1.03 bits per heavy atom. The number of rotatable bonds is 2. The number of hydrogen-bond acceptors (Lipinski definition) is 4. The van der Waals surface area contributed by atoms with Gasteiger partial charge in [0.15, 0.2) is 11.5 Å². The molecule has 5 aliphatic carbocycles. The Morgan fingerprint density at radius 2 is 1.72 bits per heavy atom. The number of hydrogen-bond donors (Lipinski definition) is 1. The maximum atomic E-state index is 13.9. The maximum Gasteiger partial charge on any atom is 0.199 e. The molecule has 0 aromatic rings. The highest BCUT2D eigenvalue weighted by atomic mass is 16.3. The Bertz CT molecular complexity index is 875. The smallest absolute Gasteiger partial charge is 0.199 e. The fourth-order valence-electron chi connectivity index (χ4n) is 9.90. The fraction of sp³-hybridized carbons (Fsp3) is 0.821. The predicted octanol–water partition coefficient (Wildman–Crippen LogP) is 5.70. The summed E-state index contributed by atoms with van der Waals surface area (Å²) in [6.07, 6.45) is 11.6. The van der Waals surface area contributed by atoms with Crippen molar-refractivity contribution in [1.82, 2.24) is 0 Å². The predicted molar refractivity (Wildman–Crippen MR) is 123 cm³/mol. The molecule has 10 unspecified atom stereocenters. The molecular formula is C28H40O4. The number of carbonyl (C=O) groups is 3. The molecule has 0 saturated heterocycles. The SMILES string of the molecule is CC1CCC2(CC=O)CCC3C(C(=O)CC4C5(C)C=C(O)C(=O)C(C)C5CCC34C)C2C1. The molecule has 10 atom stereocenters. The quantitative estimate of drug-likeness (QED) is 0.559. The lowest BCUT2D eigenvalue weighted by Crippen LogP contribution is -2.63. The second kappa shape index (κ2) is 7.27. The first-order valence-electron chi connectivity index (χ1n) is 13.0. The minimum atomic E-state index is -0.317. The number of fused-ring (bicyclic) bond motifs is 7. The second-order valence-corrected chi connectivity index (χ2v) is 12.8. The van der Waals surface area contributed by atoms with Crippen molar-refractivity contribution in [2.45, 2.75) is 85.5 Å². The van der Waals surface area contributed by atoms with Crippen molar-refractivity contribution in [3.63, 3.8) is 0 Å². The van der Waals surface area contributed by atoms with Gasteiger partial charge >= 0.3 is 0 Å². The van der Waals surface area contributed by atoms with Crippen LogP contribution in [-0.2, 0) is 14.4 Å². The van der Waals surface area contributed by atoms with Crippen LogP contribution in [0.2, 0.25) is 0 Å². The normalized spacial score (nSPS) is 52.8. The molecule has 0 spiro atoms. The van der Waals surface area contributed by atoms with Crippen LogP contribution >= 0.6 is 0 Å². The van der Waals surface area contributed by atoms with Crippen LogP contribution in [0, 0.1) is 57.7 Å². The minimum Gasteiger partial charge on any atom is -0.505 e. The van der Waals surface area contributed by atoms with Crippen LogP contribution in [0.5, 0.6) is 0 Å². The van der Waals surface area contributed by atoms with Gasteiger partial charge in [0, 0.05) is 24.7 Å². The summed E-state index contributed by atoms with van der Waals surface area (Å²) >= 11 is 0. The zero-order valence-corrected chi connectivity index (χ0v) is 20.2. The van der Waals surface area contributed by atoms with Crippen molar-refractivity contribution in [3.8, 4) is 0 Å². The van der Waals surface area contributed by atoms with Crippen molar-refractivity contribution in [2.24, 2.45) is 57.7 Å². The van der Waals surface area contributed by atoms with Gasteiger partial charge in [-0.2, -0.15) is 0 Å². The molecule has 4 fully saturated rings. The number of aliphatic hydroxyl groups is 1. The molecule has 5 rings (SSSR count). The van der Waals surface area contributed by atoms with E-state index in [0.717, 1.165) is 44.8 Å². The minimum absolute atomic E-state index is 0.0271. The third-order valence-electron chi connectivity index (χ3n) is 11.6. The molecule has 0 heterocycles. The molecule has 176 valence electrons. The molecule has 0 radical (unpaired) electrons. The van der Waals surface area contributed by atoms with E-state index < -0.39 is 0 Å². The summed E-state index contributed by atoms with van der Waals surface area (Å²) in [5, 5.41) is 10.5. The Hall–Kier alpha value is -1.45. The van der Waals surface area contributed by atoms with Gasteiger partial charge in [0.05, 0.1) is 0 Å². The van der Waals surface area contributed by atoms with Crippen molar-refractivity contribution >= 4 is 17.9 Å². The van der Waals surface area contributed by atoms with Gasteiger partial charge in [-0.3, -0.25) is 9.59 Å². The number of aliphatic hydroxyl groups excluding tert-OH is 1. The average molecular weight is 441 g/mol. The summed E-state index contributed by atoms with van der Waals surface area (Å²) in [7, 11) is 0. The summed E-state index contributed by atoms with van der Waals surface area (Å²) in [5.74, 6) is 1.73. The van der Waals surface area contributed by atoms with Crippen LogP contribution in [0.25, 0.3) is 0 Å². The van der Waals surface area contributed by atoms with Crippen molar-refractivity contribution in [2.75, 3.05) is 0 Å². The van der Waals surface area contributed by atoms with E-state index in [1.165, 1.54) is 6.42 Å². The lowest BCUT2D eigenvalue weighted by atomic mass is 9.37. The van der Waals surface area contributed by atoms with Gasteiger partial charge < -0.3 is 9.90 Å². The van der Waals surface area contributed by atoms with Gasteiger partial charge in [-0.25, -0.2) is 0 Å². The monoisotopic (exact) mass is 440 g/mol. The van der Waals surface area contributed by atoms with E-state index in [0.29, 0.717) is 36.4 Å². The average Bonchev–Trinajstić information content (AvgIpc) is 2.74. The van der Waals surface area contributed by atoms with Gasteiger partial charge in [0.1, 0.15) is 12.1 Å². The molecule has 0 bridgehead atoms. The van der Waals surface area contributed by atoms with E-state index in [1.807, 2.05) is 13.0 Å². The third kappa shape index (κ3) is 2.83. The molecule has 0 aromatic carbocycles. The Labute approximate surface area is 192 Å². The molecule has 32 heavy (non-hydrogen) atoms. The van der Waals surface area contributed by atoms with Crippen molar-refractivity contribution < 1.29 is 19.5 Å². The number of carbonyl (C=O) groups excluding carboxylic acids is 3. The Morgan fingerprint density at radius 3 is 2.44 bits per heavy atom. The van der Waals surface area contributed by atoms with E-state index in [4.69, 9.17) is 0 Å².